The minimum absolute atomic E-state index is 0.0436. The second-order valence-corrected chi connectivity index (χ2v) is 12.3. The Kier molecular flexibility index (Phi) is 6.08. The average Bonchev–Trinajstić information content (AvgIpc) is 3.32. The molecule has 4 unspecified atom stereocenters. The quantitative estimate of drug-likeness (QED) is 0.202. The lowest BCUT2D eigenvalue weighted by Crippen LogP contribution is -2.59. The number of phenolic OH excluding ortho intramolecular Hbond substituents is 1. The van der Waals surface area contributed by atoms with E-state index in [1.807, 2.05) is 0 Å². The van der Waals surface area contributed by atoms with Crippen LogP contribution < -0.4 is 16.3 Å². The largest absolute Gasteiger partial charge is 0.508 e. The number of imide groups is 1. The maximum atomic E-state index is 14.3. The van der Waals surface area contributed by atoms with Gasteiger partial charge < -0.3 is 5.11 Å². The highest BCUT2D eigenvalue weighted by Gasteiger charge is 2.76. The standard InChI is InChI=1S/C30H20Cl3FN4O5/c31-22-14-19(39)10-11-20(22)24-21-12-13-35-27(42)37(17-4-2-1-3-5-17)28(43)38(35)23(21)15-29(32)25(40)36(26(41)30(24,29)33)18-8-6-16(34)7-9-18/h1-12,14,23-24,39H,13,15H2. The Morgan fingerprint density at radius 1 is 0.860 bits per heavy atom. The van der Waals surface area contributed by atoms with Crippen LogP contribution in [0, 0.1) is 5.82 Å². The van der Waals surface area contributed by atoms with Crippen LogP contribution in [0.1, 0.15) is 23.9 Å². The van der Waals surface area contributed by atoms with Gasteiger partial charge in [-0.15, -0.1) is 23.2 Å². The second-order valence-electron chi connectivity index (χ2n) is 10.7. The Balaban J connectivity index is 1.48. The number of hydrogen-bond donors (Lipinski definition) is 1. The number of carbonyl (C=O) groups excluding carboxylic acids is 2. The number of fused-ring (bicyclic) bond motifs is 4. The van der Waals surface area contributed by atoms with Gasteiger partial charge in [-0.05, 0) is 59.7 Å². The number of benzene rings is 3. The number of rotatable bonds is 3. The Morgan fingerprint density at radius 2 is 1.56 bits per heavy atom. The van der Waals surface area contributed by atoms with Crippen molar-refractivity contribution in [1.82, 2.24) is 13.9 Å². The number of carbonyl (C=O) groups is 2. The van der Waals surface area contributed by atoms with Crippen LogP contribution in [0.15, 0.2) is 94.0 Å². The molecule has 0 radical (unpaired) electrons. The summed E-state index contributed by atoms with van der Waals surface area (Å²) in [6, 6.07) is 16.2. The molecular formula is C30H20Cl3FN4O5. The lowest BCUT2D eigenvalue weighted by atomic mass is 9.64. The van der Waals surface area contributed by atoms with E-state index in [4.69, 9.17) is 34.8 Å². The molecule has 2 fully saturated rings. The van der Waals surface area contributed by atoms with Crippen LogP contribution in [0.2, 0.25) is 5.02 Å². The van der Waals surface area contributed by atoms with E-state index in [0.29, 0.717) is 11.3 Å². The topological polar surface area (TPSA) is 107 Å². The summed E-state index contributed by atoms with van der Waals surface area (Å²) < 4.78 is 17.3. The van der Waals surface area contributed by atoms with Gasteiger partial charge in [0.15, 0.2) is 9.75 Å². The highest BCUT2D eigenvalue weighted by atomic mass is 35.5. The third-order valence-corrected chi connectivity index (χ3v) is 10.2. The van der Waals surface area contributed by atoms with Crippen molar-refractivity contribution in [1.29, 1.82) is 0 Å². The molecule has 7 rings (SSSR count). The van der Waals surface area contributed by atoms with Crippen LogP contribution in [-0.4, -0.2) is 40.6 Å². The molecule has 1 saturated carbocycles. The summed E-state index contributed by atoms with van der Waals surface area (Å²) in [5.41, 5.74) is -0.125. The zero-order valence-corrected chi connectivity index (χ0v) is 24.2. The number of allylic oxidation sites excluding steroid dienone is 2. The Hall–Kier alpha value is -4.12. The number of amides is 2. The summed E-state index contributed by atoms with van der Waals surface area (Å²) in [5, 5.41) is 10.1. The number of nitrogens with zero attached hydrogens (tertiary/aromatic N) is 4. The van der Waals surface area contributed by atoms with E-state index in [0.717, 1.165) is 21.6 Å². The first-order valence-electron chi connectivity index (χ1n) is 13.2. The highest BCUT2D eigenvalue weighted by Crippen LogP contribution is 2.64. The molecule has 1 aromatic heterocycles. The smallest absolute Gasteiger partial charge is 0.352 e. The Bertz CT molecular complexity index is 2000. The van der Waals surface area contributed by atoms with Gasteiger partial charge in [0.25, 0.3) is 11.8 Å². The molecule has 4 atom stereocenters. The maximum Gasteiger partial charge on any atom is 0.352 e. The van der Waals surface area contributed by atoms with Crippen LogP contribution >= 0.6 is 34.8 Å². The fraction of sp³-hybridized carbons (Fsp3) is 0.200. The molecule has 2 amide bonds. The zero-order chi connectivity index (χ0) is 30.4. The van der Waals surface area contributed by atoms with E-state index in [2.05, 4.69) is 0 Å². The van der Waals surface area contributed by atoms with Crippen molar-refractivity contribution in [3.05, 3.63) is 122 Å². The van der Waals surface area contributed by atoms with Gasteiger partial charge in [-0.2, -0.15) is 0 Å². The molecule has 0 spiro atoms. The molecular weight excluding hydrogens is 622 g/mol. The van der Waals surface area contributed by atoms with E-state index in [9.17, 15) is 28.7 Å². The summed E-state index contributed by atoms with van der Waals surface area (Å²) in [6.07, 6.45) is 1.37. The number of aromatic hydroxyl groups is 1. The average molecular weight is 642 g/mol. The normalized spacial score (nSPS) is 26.1. The minimum atomic E-state index is -2.16. The number of hydrogen-bond acceptors (Lipinski definition) is 5. The van der Waals surface area contributed by atoms with Gasteiger partial charge in [-0.1, -0.05) is 41.9 Å². The molecule has 0 bridgehead atoms. The van der Waals surface area contributed by atoms with Crippen molar-refractivity contribution in [2.75, 3.05) is 4.90 Å². The van der Waals surface area contributed by atoms with E-state index in [1.54, 1.807) is 36.4 Å². The maximum absolute atomic E-state index is 14.3. The number of phenols is 1. The molecule has 13 heteroatoms. The number of aromatic nitrogens is 3. The van der Waals surface area contributed by atoms with Crippen LogP contribution in [0.3, 0.4) is 0 Å². The van der Waals surface area contributed by atoms with Gasteiger partial charge in [-0.25, -0.2) is 32.8 Å². The monoisotopic (exact) mass is 640 g/mol. The molecule has 218 valence electrons. The van der Waals surface area contributed by atoms with Crippen molar-refractivity contribution >= 4 is 52.3 Å². The van der Waals surface area contributed by atoms with Crippen molar-refractivity contribution in [3.63, 3.8) is 0 Å². The fourth-order valence-corrected chi connectivity index (χ4v) is 7.75. The molecule has 1 saturated heterocycles. The van der Waals surface area contributed by atoms with E-state index < -0.39 is 50.7 Å². The summed E-state index contributed by atoms with van der Waals surface area (Å²) in [5.74, 6) is -3.62. The van der Waals surface area contributed by atoms with Gasteiger partial charge in [0, 0.05) is 17.4 Å². The number of halogens is 4. The SMILES string of the molecule is O=C1N(c2ccc(F)cc2)C(=O)C2(Cl)C(c3ccc(O)cc3Cl)C3=CCn4c(=O)n(-c5ccccc5)c(=O)n4C3CC12Cl. The second kappa shape index (κ2) is 9.44. The van der Waals surface area contributed by atoms with Crippen molar-refractivity contribution in [2.45, 2.75) is 34.7 Å². The van der Waals surface area contributed by atoms with Crippen molar-refractivity contribution < 1.29 is 19.1 Å². The number of anilines is 1. The van der Waals surface area contributed by atoms with Crippen LogP contribution in [0.4, 0.5) is 10.1 Å². The molecule has 4 aromatic rings. The van der Waals surface area contributed by atoms with E-state index in [-0.39, 0.29) is 35.0 Å². The first kappa shape index (κ1) is 27.7. The molecule has 3 aromatic carbocycles. The van der Waals surface area contributed by atoms with Gasteiger partial charge in [0.2, 0.25) is 0 Å². The number of para-hydroxylation sites is 1. The first-order chi connectivity index (χ1) is 20.5. The molecule has 9 nitrogen and oxygen atoms in total. The lowest BCUT2D eigenvalue weighted by Gasteiger charge is -2.49. The third kappa shape index (κ3) is 3.63. The minimum Gasteiger partial charge on any atom is -0.508 e. The molecule has 2 aliphatic heterocycles. The predicted octanol–water partition coefficient (Wildman–Crippen LogP) is 4.50. The van der Waals surface area contributed by atoms with E-state index >= 15 is 0 Å². The van der Waals surface area contributed by atoms with E-state index in [1.165, 1.54) is 39.7 Å². The Labute approximate surface area is 257 Å². The summed E-state index contributed by atoms with van der Waals surface area (Å²) in [4.78, 5) is 52.5. The van der Waals surface area contributed by atoms with Crippen molar-refractivity contribution in [3.8, 4) is 11.4 Å². The molecule has 1 N–H and O–H groups in total. The highest BCUT2D eigenvalue weighted by molar-refractivity contribution is 6.58. The fourth-order valence-electron chi connectivity index (χ4n) is 6.55. The third-order valence-electron chi connectivity index (χ3n) is 8.47. The van der Waals surface area contributed by atoms with Gasteiger partial charge >= 0.3 is 11.4 Å². The Morgan fingerprint density at radius 3 is 2.23 bits per heavy atom. The zero-order valence-electron chi connectivity index (χ0n) is 22.0. The summed E-state index contributed by atoms with van der Waals surface area (Å²) in [6.45, 7) is -0.0436. The lowest BCUT2D eigenvalue weighted by molar-refractivity contribution is -0.122. The molecule has 3 aliphatic rings. The number of alkyl halides is 2. The van der Waals surface area contributed by atoms with Crippen molar-refractivity contribution in [2.24, 2.45) is 0 Å². The van der Waals surface area contributed by atoms with Gasteiger partial charge in [0.1, 0.15) is 11.6 Å². The van der Waals surface area contributed by atoms with Crippen LogP contribution in [-0.2, 0) is 16.1 Å². The first-order valence-corrected chi connectivity index (χ1v) is 14.3. The molecule has 1 aliphatic carbocycles. The van der Waals surface area contributed by atoms with Gasteiger partial charge in [0.05, 0.1) is 24.0 Å². The van der Waals surface area contributed by atoms with Crippen LogP contribution in [0.5, 0.6) is 5.75 Å². The summed E-state index contributed by atoms with van der Waals surface area (Å²) >= 11 is 21.2. The van der Waals surface area contributed by atoms with Gasteiger partial charge in [-0.3, -0.25) is 9.59 Å². The van der Waals surface area contributed by atoms with Crippen LogP contribution in [0.25, 0.3) is 5.69 Å². The summed E-state index contributed by atoms with van der Waals surface area (Å²) in [7, 11) is 0. The molecule has 3 heterocycles. The predicted molar refractivity (Wildman–Crippen MR) is 158 cm³/mol. The molecule has 43 heavy (non-hydrogen) atoms.